The number of hydrogen-bond donors (Lipinski definition) is 0. The van der Waals surface area contributed by atoms with Crippen molar-refractivity contribution in [2.45, 2.75) is 0 Å². The van der Waals surface area contributed by atoms with Crippen LogP contribution in [0.15, 0.2) is 473 Å². The fourth-order valence-corrected chi connectivity index (χ4v) is 22.7. The molecule has 6 aromatic heterocycles. The van der Waals surface area contributed by atoms with Crippen molar-refractivity contribution in [3.8, 4) is 91.1 Å². The molecule has 0 fully saturated rings. The average Bonchev–Trinajstić information content (AvgIpc) is 1.58. The molecule has 0 atom stereocenters. The van der Waals surface area contributed by atoms with Gasteiger partial charge in [0.25, 0.3) is 0 Å². The lowest BCUT2D eigenvalue weighted by Gasteiger charge is -2.17. The van der Waals surface area contributed by atoms with Crippen molar-refractivity contribution in [2.24, 2.45) is 0 Å². The summed E-state index contributed by atoms with van der Waals surface area (Å²) in [5.41, 5.74) is 19.5. The Morgan fingerprint density at radius 2 is 0.450 bits per heavy atom. The summed E-state index contributed by atoms with van der Waals surface area (Å²) >= 11 is 0. The van der Waals surface area contributed by atoms with E-state index in [-0.39, 0.29) is 0 Å². The van der Waals surface area contributed by atoms with Gasteiger partial charge in [-0.1, -0.05) is 364 Å². The first-order valence-electron chi connectivity index (χ1n) is 47.7. The molecular weight excluding hydrogens is 1700 g/mol. The topological polar surface area (TPSA) is 97.1 Å². The first-order valence-corrected chi connectivity index (χ1v) is 47.7. The Morgan fingerprint density at radius 1 is 0.129 bits per heavy atom. The fourth-order valence-electron chi connectivity index (χ4n) is 22.7. The van der Waals surface area contributed by atoms with Gasteiger partial charge in [0.2, 0.25) is 0 Å². The molecule has 648 valence electrons. The summed E-state index contributed by atoms with van der Waals surface area (Å²) < 4.78 is 9.92. The van der Waals surface area contributed by atoms with Crippen molar-refractivity contribution in [2.75, 3.05) is 0 Å². The summed E-state index contributed by atoms with van der Waals surface area (Å²) in [4.78, 5) is 31.6. The van der Waals surface area contributed by atoms with Crippen LogP contribution in [0.4, 0.5) is 0 Å². The van der Waals surface area contributed by atoms with Crippen molar-refractivity contribution in [3.05, 3.63) is 473 Å². The summed E-state index contributed by atoms with van der Waals surface area (Å²) in [6, 6.07) is 171. The van der Waals surface area contributed by atoms with Crippen LogP contribution in [0.1, 0.15) is 0 Å². The number of hydrogen-bond acceptors (Lipinski definition) is 6. The van der Waals surface area contributed by atoms with E-state index in [0.29, 0.717) is 34.9 Å². The maximum atomic E-state index is 5.41. The van der Waals surface area contributed by atoms with Crippen LogP contribution in [0.5, 0.6) is 0 Å². The maximum Gasteiger partial charge on any atom is 0.164 e. The second-order valence-electron chi connectivity index (χ2n) is 36.7. The van der Waals surface area contributed by atoms with E-state index < -0.39 is 0 Å². The Morgan fingerprint density at radius 3 is 1.00 bits per heavy atom. The number of benzene rings is 24. The first-order chi connectivity index (χ1) is 69.4. The van der Waals surface area contributed by atoms with Gasteiger partial charge in [-0.3, -0.25) is 0 Å². The molecule has 10 heteroatoms. The van der Waals surface area contributed by atoms with Gasteiger partial charge in [-0.15, -0.1) is 0 Å². The Kier molecular flexibility index (Phi) is 17.6. The highest BCUT2D eigenvalue weighted by molar-refractivity contribution is 6.25. The monoisotopic (exact) mass is 1780 g/mol. The number of para-hydroxylation sites is 4. The minimum Gasteiger partial charge on any atom is -0.309 e. The number of nitrogens with zero attached hydrogens (tertiary/aromatic N) is 10. The van der Waals surface area contributed by atoms with Gasteiger partial charge in [-0.05, 0) is 195 Å². The lowest BCUT2D eigenvalue weighted by atomic mass is 9.96. The van der Waals surface area contributed by atoms with Gasteiger partial charge >= 0.3 is 0 Å². The quantitative estimate of drug-likeness (QED) is 0.127. The molecule has 0 N–H and O–H groups in total. The van der Waals surface area contributed by atoms with Crippen LogP contribution in [-0.2, 0) is 0 Å². The normalized spacial score (nSPS) is 12.0. The zero-order valence-corrected chi connectivity index (χ0v) is 75.5. The highest BCUT2D eigenvalue weighted by Gasteiger charge is 2.28. The van der Waals surface area contributed by atoms with Gasteiger partial charge in [-0.25, -0.2) is 29.9 Å². The summed E-state index contributed by atoms with van der Waals surface area (Å²) in [7, 11) is 0. The molecule has 24 aromatic carbocycles. The molecule has 30 aromatic rings. The molecule has 6 heterocycles. The Hall–Kier alpha value is -18.9. The summed E-state index contributed by atoms with van der Waals surface area (Å²) in [5.74, 6) is 3.79. The largest absolute Gasteiger partial charge is 0.309 e. The summed E-state index contributed by atoms with van der Waals surface area (Å²) in [5, 5.41) is 33.2. The molecule has 0 aliphatic heterocycles. The smallest absolute Gasteiger partial charge is 0.164 e. The molecule has 30 rings (SSSR count). The van der Waals surface area contributed by atoms with E-state index in [9.17, 15) is 0 Å². The van der Waals surface area contributed by atoms with E-state index in [1.165, 1.54) is 141 Å². The second-order valence-corrected chi connectivity index (χ2v) is 36.7. The molecule has 0 aliphatic rings. The summed E-state index contributed by atoms with van der Waals surface area (Å²) in [6.07, 6.45) is 0. The zero-order chi connectivity index (χ0) is 91.7. The van der Waals surface area contributed by atoms with Crippen LogP contribution < -0.4 is 0 Å². The van der Waals surface area contributed by atoms with Crippen LogP contribution in [0.25, 0.3) is 286 Å². The molecule has 0 aliphatic carbocycles. The van der Waals surface area contributed by atoms with E-state index in [1.807, 2.05) is 36.4 Å². The van der Waals surface area contributed by atoms with Crippen LogP contribution >= 0.6 is 0 Å². The van der Waals surface area contributed by atoms with E-state index in [1.54, 1.807) is 0 Å². The zero-order valence-electron chi connectivity index (χ0n) is 75.5. The van der Waals surface area contributed by atoms with Crippen molar-refractivity contribution in [3.63, 3.8) is 0 Å². The second kappa shape index (κ2) is 31.4. The van der Waals surface area contributed by atoms with Crippen molar-refractivity contribution in [1.82, 2.24) is 48.2 Å². The van der Waals surface area contributed by atoms with Gasteiger partial charge in [0.15, 0.2) is 34.9 Å². The predicted molar refractivity (Wildman–Crippen MR) is 585 cm³/mol. The molecular formula is C130H78N10. The third-order valence-corrected chi connectivity index (χ3v) is 29.0. The SMILES string of the molecule is c1ccc(-c2nc(-c3ccc(-n4c5ccccc5c5c(-n6c7ccccc7c7cc8ccccc8cc76)c6ccccc6cc54)c4ccccc34)nc(-c3cc4ccccc4c4ccccc34)n2)cc1.c1ccc(-c2nc(-c3ccc4c(ccc5ccccc54)c3)nc(-c3ccc(-n4c5ccccc5c5cc6c(-n7c8ccccc8c8cc9ccccc9cc87)cccc6cc54)c4ccccc34)n2)cc1. The summed E-state index contributed by atoms with van der Waals surface area (Å²) in [6.45, 7) is 0. The molecule has 0 saturated carbocycles. The lowest BCUT2D eigenvalue weighted by Crippen LogP contribution is -2.02. The molecule has 0 unspecified atom stereocenters. The minimum atomic E-state index is 0.623. The Labute approximate surface area is 801 Å². The van der Waals surface area contributed by atoms with E-state index in [2.05, 4.69) is 455 Å². The highest BCUT2D eigenvalue weighted by Crippen LogP contribution is 2.49. The van der Waals surface area contributed by atoms with Gasteiger partial charge in [0.05, 0.1) is 66.9 Å². The molecule has 0 bridgehead atoms. The van der Waals surface area contributed by atoms with E-state index >= 15 is 0 Å². The van der Waals surface area contributed by atoms with Crippen LogP contribution in [0.2, 0.25) is 0 Å². The molecule has 0 saturated heterocycles. The van der Waals surface area contributed by atoms with Crippen LogP contribution in [0, 0.1) is 0 Å². The van der Waals surface area contributed by atoms with Gasteiger partial charge in [-0.2, -0.15) is 0 Å². The molecule has 140 heavy (non-hydrogen) atoms. The molecule has 10 nitrogen and oxygen atoms in total. The van der Waals surface area contributed by atoms with Crippen LogP contribution in [-0.4, -0.2) is 48.2 Å². The van der Waals surface area contributed by atoms with Gasteiger partial charge < -0.3 is 18.3 Å². The predicted octanol–water partition coefficient (Wildman–Crippen LogP) is 33.7. The van der Waals surface area contributed by atoms with E-state index in [0.717, 1.165) is 110 Å². The Bertz CT molecular complexity index is 10500. The van der Waals surface area contributed by atoms with E-state index in [4.69, 9.17) is 29.9 Å². The standard InChI is InChI=1S/2C65H39N5/c1-2-18-40(19-3-1)63-66-64(68-65(67-63)55-37-43-22-6-8-24-45(43)47-26-10-11-27-48(47)55)52-34-35-58(50-29-13-12-28-49(50)52)69-57-33-17-15-31-53(57)61-60(69)39-44-23-7-9-25-46(44)62(61)70-56-32-16-14-30-51(56)54-36-41-20-4-5-21-42(41)38-59(54)70;1-2-16-41(17-3-1)63-66-64(46-31-32-48-45(35-46)30-29-40-15-6-7-21-47(40)48)68-65(67-63)53-33-34-60(50-23-9-8-22-49(50)53)70-58-27-13-11-25-52(58)56-39-54-44(38-62(56)70)20-14-28-59(54)69-57-26-12-10-24-51(57)55-36-42-18-4-5-19-43(42)37-61(55)69/h2*1-39H. The third kappa shape index (κ3) is 12.3. The number of rotatable bonds is 10. The number of aromatic nitrogens is 10. The number of fused-ring (bicyclic) bond motifs is 24. The van der Waals surface area contributed by atoms with Crippen molar-refractivity contribution >= 4 is 195 Å². The molecule has 0 spiro atoms. The molecule has 0 amide bonds. The van der Waals surface area contributed by atoms with Crippen molar-refractivity contribution < 1.29 is 0 Å². The Balaban J connectivity index is 0.000000134. The highest BCUT2D eigenvalue weighted by atomic mass is 15.1. The average molecular weight is 1780 g/mol. The third-order valence-electron chi connectivity index (χ3n) is 29.0. The fraction of sp³-hybridized carbons (Fsp3) is 0. The molecule has 0 radical (unpaired) electrons. The van der Waals surface area contributed by atoms with Crippen molar-refractivity contribution in [1.29, 1.82) is 0 Å². The minimum absolute atomic E-state index is 0.623. The van der Waals surface area contributed by atoms with Crippen LogP contribution in [0.3, 0.4) is 0 Å². The lowest BCUT2D eigenvalue weighted by molar-refractivity contribution is 1.08. The maximum absolute atomic E-state index is 5.41. The first kappa shape index (κ1) is 78.6. The van der Waals surface area contributed by atoms with Gasteiger partial charge in [0.1, 0.15) is 0 Å². The van der Waals surface area contributed by atoms with Gasteiger partial charge in [0, 0.05) is 98.0 Å².